The van der Waals surface area contributed by atoms with Gasteiger partial charge in [-0.05, 0) is 47.5 Å². The number of rotatable bonds is 8. The second kappa shape index (κ2) is 12.1. The molecule has 2 saturated heterocycles. The first kappa shape index (κ1) is 31.6. The van der Waals surface area contributed by atoms with Gasteiger partial charge in [-0.2, -0.15) is 13.2 Å². The summed E-state index contributed by atoms with van der Waals surface area (Å²) in [6, 6.07) is 20.6. The maximum atomic E-state index is 14.2. The van der Waals surface area contributed by atoms with Crippen LogP contribution in [0.15, 0.2) is 73.3 Å². The van der Waals surface area contributed by atoms with Gasteiger partial charge in [0.25, 0.3) is 5.91 Å². The van der Waals surface area contributed by atoms with Crippen molar-refractivity contribution in [3.8, 4) is 5.75 Å². The summed E-state index contributed by atoms with van der Waals surface area (Å²) in [7, 11) is 1.29. The van der Waals surface area contributed by atoms with Crippen LogP contribution in [0.4, 0.5) is 18.0 Å². The van der Waals surface area contributed by atoms with Crippen LogP contribution in [0.1, 0.15) is 22.5 Å². The van der Waals surface area contributed by atoms with Crippen LogP contribution in [0.5, 0.6) is 5.75 Å². The van der Waals surface area contributed by atoms with Gasteiger partial charge < -0.3 is 19.9 Å². The molecule has 2 N–H and O–H groups in total. The number of hydrogen-bond donors (Lipinski definition) is 2. The van der Waals surface area contributed by atoms with Crippen molar-refractivity contribution in [2.75, 3.05) is 19.6 Å². The number of halogens is 3. The van der Waals surface area contributed by atoms with E-state index >= 15 is 0 Å². The minimum Gasteiger partial charge on any atom is -0.508 e. The molecule has 13 heteroatoms. The molecule has 4 amide bonds. The molecule has 2 unspecified atom stereocenters. The first-order chi connectivity index (χ1) is 22.4. The largest absolute Gasteiger partial charge is 0.508 e. The van der Waals surface area contributed by atoms with E-state index in [1.165, 1.54) is 35.0 Å². The number of aryl methyl sites for hydroxylation is 1. The third kappa shape index (κ3) is 5.76. The Morgan fingerprint density at radius 1 is 1.17 bits per heavy atom. The number of fused-ring (bicyclic) bond motifs is 2. The number of aromatic nitrogens is 2. The SMILES string of the molecule is C=CC[N+]1(C(=O)NCc2c#cccc2)CC(=O)N2C1CN(Cc1cccc3c1nc(C(F)(F)F)n3C)C(=O)[C@@H]2Cc1ccc(O)cc1. The number of phenolic OH excluding ortho intramolecular Hbond substituents is 1. The van der Waals surface area contributed by atoms with Crippen molar-refractivity contribution in [2.45, 2.75) is 37.9 Å². The molecule has 47 heavy (non-hydrogen) atoms. The molecule has 0 spiro atoms. The Balaban J connectivity index is 1.39. The number of phenols is 1. The Bertz CT molecular complexity index is 1840. The van der Waals surface area contributed by atoms with Gasteiger partial charge in [-0.25, -0.2) is 14.3 Å². The van der Waals surface area contributed by atoms with Gasteiger partial charge in [-0.15, -0.1) is 0 Å². The van der Waals surface area contributed by atoms with Gasteiger partial charge in [0.2, 0.25) is 11.7 Å². The highest BCUT2D eigenvalue weighted by Crippen LogP contribution is 2.36. The second-order valence-electron chi connectivity index (χ2n) is 11.8. The third-order valence-corrected chi connectivity index (χ3v) is 8.89. The van der Waals surface area contributed by atoms with E-state index in [1.54, 1.807) is 48.5 Å². The molecular formula is C34H32F3N6O4+. The number of nitrogens with one attached hydrogen (secondary N) is 1. The van der Waals surface area contributed by atoms with Crippen LogP contribution in [0, 0.1) is 12.1 Å². The number of para-hydroxylation sites is 1. The molecule has 1 aromatic heterocycles. The highest BCUT2D eigenvalue weighted by Gasteiger charge is 2.62. The minimum absolute atomic E-state index is 0.0359. The Morgan fingerprint density at radius 2 is 1.94 bits per heavy atom. The van der Waals surface area contributed by atoms with Crippen molar-refractivity contribution >= 4 is 28.9 Å². The predicted molar refractivity (Wildman–Crippen MR) is 164 cm³/mol. The lowest BCUT2D eigenvalue weighted by atomic mass is 9.99. The summed E-state index contributed by atoms with van der Waals surface area (Å²) < 4.78 is 41.9. The molecule has 3 aromatic carbocycles. The van der Waals surface area contributed by atoms with E-state index < -0.39 is 36.1 Å². The Labute approximate surface area is 268 Å². The van der Waals surface area contributed by atoms with Gasteiger partial charge in [-0.1, -0.05) is 49.0 Å². The number of aromatic hydroxyl groups is 1. The quantitative estimate of drug-likeness (QED) is 0.223. The van der Waals surface area contributed by atoms with E-state index in [4.69, 9.17) is 0 Å². The molecule has 2 aliphatic heterocycles. The zero-order valence-electron chi connectivity index (χ0n) is 25.5. The summed E-state index contributed by atoms with van der Waals surface area (Å²) in [4.78, 5) is 49.0. The van der Waals surface area contributed by atoms with Crippen LogP contribution in [0.2, 0.25) is 0 Å². The molecule has 0 aliphatic carbocycles. The Morgan fingerprint density at radius 3 is 2.62 bits per heavy atom. The number of benzene rings is 2. The number of carbonyl (C=O) groups excluding carboxylic acids is 3. The standard InChI is InChI=1S/C34H31F3N6O4/c1-3-16-43(33(47)38-18-23-8-5-4-6-9-23)21-29(45)42-27(17-22-12-14-25(44)15-13-22)31(46)41(20-28(42)43)19-24-10-7-11-26-30(24)39-32(40(26)2)34(35,36)37/h3-5,7-8,10-15,27-28H,1,16-21H2,2H3,(H-,38,44,47)/p+1/t27-,28?,43?/m0/s1. The van der Waals surface area contributed by atoms with Crippen LogP contribution in [-0.2, 0) is 42.3 Å². The summed E-state index contributed by atoms with van der Waals surface area (Å²) in [6.45, 7) is 3.70. The average molecular weight is 646 g/mol. The molecule has 2 aliphatic rings. The molecule has 0 bridgehead atoms. The van der Waals surface area contributed by atoms with E-state index in [0.717, 1.165) is 4.57 Å². The molecule has 2 fully saturated rings. The first-order valence-corrected chi connectivity index (χ1v) is 15.0. The van der Waals surface area contributed by atoms with Gasteiger partial charge in [0.05, 0.1) is 24.1 Å². The number of nitrogens with zero attached hydrogens (tertiary/aromatic N) is 5. The van der Waals surface area contributed by atoms with Crippen molar-refractivity contribution in [3.63, 3.8) is 0 Å². The molecule has 242 valence electrons. The van der Waals surface area contributed by atoms with Crippen LogP contribution in [0.25, 0.3) is 11.0 Å². The van der Waals surface area contributed by atoms with Crippen molar-refractivity contribution < 1.29 is 37.1 Å². The molecule has 6 rings (SSSR count). The third-order valence-electron chi connectivity index (χ3n) is 8.89. The number of carbonyl (C=O) groups is 3. The number of imidazole rings is 1. The van der Waals surface area contributed by atoms with Crippen molar-refractivity contribution in [2.24, 2.45) is 7.05 Å². The number of quaternary nitrogens is 1. The van der Waals surface area contributed by atoms with Gasteiger partial charge >= 0.3 is 12.2 Å². The Kier molecular flexibility index (Phi) is 8.15. The summed E-state index contributed by atoms with van der Waals surface area (Å²) >= 11 is 0. The van der Waals surface area contributed by atoms with Crippen molar-refractivity contribution in [1.82, 2.24) is 24.7 Å². The fraction of sp³-hybridized carbons (Fsp3) is 0.294. The maximum Gasteiger partial charge on any atom is 0.449 e. The zero-order valence-corrected chi connectivity index (χ0v) is 25.5. The molecular weight excluding hydrogens is 613 g/mol. The smallest absolute Gasteiger partial charge is 0.449 e. The maximum absolute atomic E-state index is 14.2. The highest BCUT2D eigenvalue weighted by molar-refractivity contribution is 5.92. The van der Waals surface area contributed by atoms with Crippen LogP contribution in [0.3, 0.4) is 0 Å². The number of hydrogen-bond acceptors (Lipinski definition) is 5. The van der Waals surface area contributed by atoms with E-state index in [-0.39, 0.29) is 66.3 Å². The number of alkyl halides is 3. The lowest BCUT2D eigenvalue weighted by Crippen LogP contribution is -2.70. The van der Waals surface area contributed by atoms with Gasteiger partial charge in [0, 0.05) is 25.6 Å². The van der Waals surface area contributed by atoms with Gasteiger partial charge in [-0.3, -0.25) is 14.5 Å². The molecule has 0 saturated carbocycles. The van der Waals surface area contributed by atoms with Gasteiger partial charge in [0.1, 0.15) is 18.3 Å². The fourth-order valence-corrected chi connectivity index (χ4v) is 6.64. The molecule has 0 radical (unpaired) electrons. The zero-order chi connectivity index (χ0) is 33.5. The minimum atomic E-state index is -4.68. The van der Waals surface area contributed by atoms with E-state index in [0.29, 0.717) is 16.7 Å². The summed E-state index contributed by atoms with van der Waals surface area (Å²) in [5.74, 6) is -1.83. The molecule has 4 aromatic rings. The number of piperazine rings is 1. The summed E-state index contributed by atoms with van der Waals surface area (Å²) in [5.41, 5.74) is 2.11. The second-order valence-corrected chi connectivity index (χ2v) is 11.8. The van der Waals surface area contributed by atoms with Crippen LogP contribution < -0.4 is 5.32 Å². The summed E-state index contributed by atoms with van der Waals surface area (Å²) in [5, 5.41) is 12.7. The molecule has 3 heterocycles. The van der Waals surface area contributed by atoms with Crippen LogP contribution >= 0.6 is 0 Å². The normalized spacial score (nSPS) is 21.1. The Hall–Kier alpha value is -5.35. The number of amides is 4. The monoisotopic (exact) mass is 645 g/mol. The predicted octanol–water partition coefficient (Wildman–Crippen LogP) is 3.93. The van der Waals surface area contributed by atoms with E-state index in [9.17, 15) is 32.7 Å². The van der Waals surface area contributed by atoms with Crippen molar-refractivity contribution in [3.05, 3.63) is 108 Å². The molecule has 10 nitrogen and oxygen atoms in total. The lowest BCUT2D eigenvalue weighted by molar-refractivity contribution is -0.862. The highest BCUT2D eigenvalue weighted by atomic mass is 19.4. The van der Waals surface area contributed by atoms with Crippen LogP contribution in [-0.4, -0.2) is 78.6 Å². The lowest BCUT2D eigenvalue weighted by Gasteiger charge is -2.46. The molecule has 3 atom stereocenters. The fourth-order valence-electron chi connectivity index (χ4n) is 6.64. The van der Waals surface area contributed by atoms with E-state index in [1.807, 2.05) is 0 Å². The van der Waals surface area contributed by atoms with Gasteiger partial charge in [0.15, 0.2) is 12.7 Å². The summed E-state index contributed by atoms with van der Waals surface area (Å²) in [6.07, 6.45) is -3.85. The van der Waals surface area contributed by atoms with Crippen molar-refractivity contribution in [1.29, 1.82) is 0 Å². The average Bonchev–Trinajstić information content (AvgIpc) is 3.54. The first-order valence-electron chi connectivity index (χ1n) is 15.0. The topological polar surface area (TPSA) is 108 Å². The van der Waals surface area contributed by atoms with E-state index in [2.05, 4.69) is 29.0 Å². The number of urea groups is 1.